The van der Waals surface area contributed by atoms with Gasteiger partial charge in [0, 0.05) is 12.3 Å². The van der Waals surface area contributed by atoms with Crippen molar-refractivity contribution in [1.29, 1.82) is 0 Å². The van der Waals surface area contributed by atoms with E-state index in [9.17, 15) is 4.79 Å². The van der Waals surface area contributed by atoms with Gasteiger partial charge in [0.05, 0.1) is 6.61 Å². The van der Waals surface area contributed by atoms with Crippen molar-refractivity contribution in [3.05, 3.63) is 0 Å². The molecule has 0 aliphatic heterocycles. The van der Waals surface area contributed by atoms with E-state index in [1.54, 1.807) is 6.92 Å². The monoisotopic (exact) mass is 140 g/mol. The second-order valence-corrected chi connectivity index (χ2v) is 1.77. The quantitative estimate of drug-likeness (QED) is 0.329. The van der Waals surface area contributed by atoms with Gasteiger partial charge >= 0.3 is 5.97 Å². The molecule has 0 bridgehead atoms. The summed E-state index contributed by atoms with van der Waals surface area (Å²) in [6, 6.07) is 0. The predicted molar refractivity (Wildman–Crippen MR) is 39.3 cm³/mol. The van der Waals surface area contributed by atoms with Crippen LogP contribution in [0.1, 0.15) is 26.7 Å². The predicted octanol–water partition coefficient (Wildman–Crippen LogP) is 1.35. The molecule has 2 nitrogen and oxygen atoms in total. The van der Waals surface area contributed by atoms with Crippen molar-refractivity contribution >= 4 is 5.97 Å². The molecule has 0 aromatic heterocycles. The Balaban J connectivity index is 3.48. The molecule has 0 atom stereocenters. The molecule has 0 spiro atoms. The fourth-order valence-electron chi connectivity index (χ4n) is 0.427. The van der Waals surface area contributed by atoms with Crippen molar-refractivity contribution in [2.24, 2.45) is 0 Å². The van der Waals surface area contributed by atoms with Crippen LogP contribution < -0.4 is 0 Å². The topological polar surface area (TPSA) is 26.3 Å². The van der Waals surface area contributed by atoms with Crippen molar-refractivity contribution in [2.75, 3.05) is 6.61 Å². The normalized spacial score (nSPS) is 7.80. The lowest BCUT2D eigenvalue weighted by molar-refractivity contribution is -0.136. The number of carbonyl (C=O) groups is 1. The Bertz CT molecular complexity index is 150. The Morgan fingerprint density at radius 2 is 2.20 bits per heavy atom. The number of ether oxygens (including phenoxy) is 1. The van der Waals surface area contributed by atoms with Crippen LogP contribution in [0.3, 0.4) is 0 Å². The third kappa shape index (κ3) is 5.17. The highest BCUT2D eigenvalue weighted by Gasteiger charge is 1.89. The second kappa shape index (κ2) is 6.15. The molecular weight excluding hydrogens is 128 g/mol. The first-order valence-electron chi connectivity index (χ1n) is 3.46. The molecule has 0 saturated heterocycles. The van der Waals surface area contributed by atoms with E-state index in [2.05, 4.69) is 16.6 Å². The van der Waals surface area contributed by atoms with Gasteiger partial charge < -0.3 is 4.74 Å². The molecule has 0 N–H and O–H groups in total. The highest BCUT2D eigenvalue weighted by molar-refractivity contribution is 5.88. The Labute approximate surface area is 61.6 Å². The molecule has 0 unspecified atom stereocenters. The highest BCUT2D eigenvalue weighted by Crippen LogP contribution is 1.81. The first-order chi connectivity index (χ1) is 4.81. The summed E-state index contributed by atoms with van der Waals surface area (Å²) in [6.07, 6.45) is 1.74. The standard InChI is InChI=1S/C8H12O2/c1-3-5-6-7-8(9)10-4-2/h3-5H2,1-2H3. The molecule has 0 amide bonds. The maximum atomic E-state index is 10.5. The van der Waals surface area contributed by atoms with Crippen LogP contribution >= 0.6 is 0 Å². The molecule has 0 aromatic carbocycles. The van der Waals surface area contributed by atoms with Gasteiger partial charge in [-0.1, -0.05) is 12.8 Å². The van der Waals surface area contributed by atoms with Gasteiger partial charge in [0.15, 0.2) is 0 Å². The molecule has 0 aromatic rings. The van der Waals surface area contributed by atoms with Gasteiger partial charge in [-0.05, 0) is 13.3 Å². The maximum absolute atomic E-state index is 10.5. The summed E-state index contributed by atoms with van der Waals surface area (Å²) in [5.74, 6) is 4.65. The van der Waals surface area contributed by atoms with Crippen LogP contribution in [-0.2, 0) is 9.53 Å². The lowest BCUT2D eigenvalue weighted by Gasteiger charge is -1.89. The van der Waals surface area contributed by atoms with E-state index in [1.807, 2.05) is 6.92 Å². The SMILES string of the molecule is CCCC#CC(=O)OCC. The van der Waals surface area contributed by atoms with Gasteiger partial charge in [-0.15, -0.1) is 0 Å². The van der Waals surface area contributed by atoms with Crippen molar-refractivity contribution in [3.8, 4) is 11.8 Å². The van der Waals surface area contributed by atoms with Crippen molar-refractivity contribution in [3.63, 3.8) is 0 Å². The van der Waals surface area contributed by atoms with Crippen molar-refractivity contribution in [1.82, 2.24) is 0 Å². The van der Waals surface area contributed by atoms with Crippen LogP contribution in [0, 0.1) is 11.8 Å². The average molecular weight is 140 g/mol. The molecule has 0 radical (unpaired) electrons. The van der Waals surface area contributed by atoms with E-state index in [1.165, 1.54) is 0 Å². The minimum Gasteiger partial charge on any atom is -0.456 e. The Morgan fingerprint density at radius 3 is 2.70 bits per heavy atom. The molecule has 10 heavy (non-hydrogen) atoms. The first-order valence-corrected chi connectivity index (χ1v) is 3.46. The second-order valence-electron chi connectivity index (χ2n) is 1.77. The van der Waals surface area contributed by atoms with Crippen LogP contribution in [0.2, 0.25) is 0 Å². The smallest absolute Gasteiger partial charge is 0.384 e. The van der Waals surface area contributed by atoms with E-state index < -0.39 is 5.97 Å². The zero-order valence-corrected chi connectivity index (χ0v) is 6.44. The number of carbonyl (C=O) groups excluding carboxylic acids is 1. The van der Waals surface area contributed by atoms with Gasteiger partial charge in [-0.2, -0.15) is 0 Å². The third-order valence-corrected chi connectivity index (χ3v) is 0.841. The number of hydrogen-bond acceptors (Lipinski definition) is 2. The summed E-state index contributed by atoms with van der Waals surface area (Å²) in [5.41, 5.74) is 0. The summed E-state index contributed by atoms with van der Waals surface area (Å²) in [7, 11) is 0. The van der Waals surface area contributed by atoms with Crippen LogP contribution in [-0.4, -0.2) is 12.6 Å². The van der Waals surface area contributed by atoms with Gasteiger partial charge in [0.25, 0.3) is 0 Å². The lowest BCUT2D eigenvalue weighted by atomic mass is 10.3. The molecule has 0 aliphatic carbocycles. The number of rotatable bonds is 2. The van der Waals surface area contributed by atoms with Crippen LogP contribution in [0.4, 0.5) is 0 Å². The van der Waals surface area contributed by atoms with Gasteiger partial charge in [-0.3, -0.25) is 0 Å². The molecule has 56 valence electrons. The Hall–Kier alpha value is -0.970. The van der Waals surface area contributed by atoms with Gasteiger partial charge in [-0.25, -0.2) is 4.79 Å². The summed E-state index contributed by atoms with van der Waals surface area (Å²) >= 11 is 0. The summed E-state index contributed by atoms with van der Waals surface area (Å²) in [5, 5.41) is 0. The average Bonchev–Trinajstić information content (AvgIpc) is 1.89. The van der Waals surface area contributed by atoms with Crippen LogP contribution in [0.5, 0.6) is 0 Å². The minimum absolute atomic E-state index is 0.402. The lowest BCUT2D eigenvalue weighted by Crippen LogP contribution is -1.99. The highest BCUT2D eigenvalue weighted by atomic mass is 16.5. The zero-order valence-electron chi connectivity index (χ0n) is 6.44. The Morgan fingerprint density at radius 1 is 1.50 bits per heavy atom. The number of unbranched alkanes of at least 4 members (excludes halogenated alkanes) is 1. The fourth-order valence-corrected chi connectivity index (χ4v) is 0.427. The first kappa shape index (κ1) is 9.03. The van der Waals surface area contributed by atoms with E-state index in [4.69, 9.17) is 0 Å². The van der Waals surface area contributed by atoms with Crippen LogP contribution in [0.15, 0.2) is 0 Å². The summed E-state index contributed by atoms with van der Waals surface area (Å²) < 4.78 is 4.58. The van der Waals surface area contributed by atoms with E-state index >= 15 is 0 Å². The third-order valence-electron chi connectivity index (χ3n) is 0.841. The molecule has 0 aliphatic rings. The van der Waals surface area contributed by atoms with E-state index in [-0.39, 0.29) is 0 Å². The molecule has 0 rings (SSSR count). The molecule has 2 heteroatoms. The molecular formula is C8H12O2. The molecule has 0 fully saturated rings. The van der Waals surface area contributed by atoms with Crippen LogP contribution in [0.25, 0.3) is 0 Å². The minimum atomic E-state index is -0.420. The van der Waals surface area contributed by atoms with Gasteiger partial charge in [0.2, 0.25) is 0 Å². The zero-order chi connectivity index (χ0) is 7.82. The molecule has 0 heterocycles. The largest absolute Gasteiger partial charge is 0.456 e. The van der Waals surface area contributed by atoms with Gasteiger partial charge in [0.1, 0.15) is 0 Å². The Kier molecular flexibility index (Phi) is 5.56. The van der Waals surface area contributed by atoms with Crippen molar-refractivity contribution in [2.45, 2.75) is 26.7 Å². The maximum Gasteiger partial charge on any atom is 0.384 e. The number of esters is 1. The van der Waals surface area contributed by atoms with Crippen molar-refractivity contribution < 1.29 is 9.53 Å². The summed E-state index contributed by atoms with van der Waals surface area (Å²) in [4.78, 5) is 10.5. The van der Waals surface area contributed by atoms with E-state index in [0.29, 0.717) is 6.61 Å². The number of hydrogen-bond donors (Lipinski definition) is 0. The summed E-state index contributed by atoms with van der Waals surface area (Å²) in [6.45, 7) is 4.18. The molecule has 0 saturated carbocycles. The van der Waals surface area contributed by atoms with E-state index in [0.717, 1.165) is 12.8 Å². The fraction of sp³-hybridized carbons (Fsp3) is 0.625.